The highest BCUT2D eigenvalue weighted by Gasteiger charge is 2.19. The van der Waals surface area contributed by atoms with Crippen LogP contribution in [0, 0.1) is 0 Å². The summed E-state index contributed by atoms with van der Waals surface area (Å²) in [5.41, 5.74) is 11.4. The summed E-state index contributed by atoms with van der Waals surface area (Å²) in [6.07, 6.45) is 9.95. The standard InChI is InChI=1S/C22H30N2/c23-22-13-8-12-19-17-20(14-15-21(19)22)24-16-7-2-1-4-9-18-10-5-3-6-11-18/h3,5-6,8,10-13,20,24H,1-2,4,7,9,14-17,23H2. The second-order valence-corrected chi connectivity index (χ2v) is 7.03. The zero-order valence-corrected chi connectivity index (χ0v) is 14.6. The van der Waals surface area contributed by atoms with Gasteiger partial charge in [0.1, 0.15) is 0 Å². The van der Waals surface area contributed by atoms with Crippen LogP contribution in [0.1, 0.15) is 48.8 Å². The summed E-state index contributed by atoms with van der Waals surface area (Å²) in [4.78, 5) is 0. The molecule has 0 fully saturated rings. The van der Waals surface area contributed by atoms with Crippen molar-refractivity contribution < 1.29 is 0 Å². The Morgan fingerprint density at radius 1 is 0.917 bits per heavy atom. The molecule has 24 heavy (non-hydrogen) atoms. The average molecular weight is 322 g/mol. The molecule has 1 unspecified atom stereocenters. The van der Waals surface area contributed by atoms with Crippen molar-refractivity contribution in [1.82, 2.24) is 5.32 Å². The van der Waals surface area contributed by atoms with Gasteiger partial charge in [-0.3, -0.25) is 0 Å². The smallest absolute Gasteiger partial charge is 0.0349 e. The summed E-state index contributed by atoms with van der Waals surface area (Å²) in [5, 5.41) is 3.75. The van der Waals surface area contributed by atoms with Gasteiger partial charge in [-0.25, -0.2) is 0 Å². The van der Waals surface area contributed by atoms with Gasteiger partial charge in [-0.1, -0.05) is 55.3 Å². The van der Waals surface area contributed by atoms with Crippen molar-refractivity contribution in [2.45, 2.75) is 57.4 Å². The summed E-state index contributed by atoms with van der Waals surface area (Å²) < 4.78 is 0. The van der Waals surface area contributed by atoms with E-state index in [9.17, 15) is 0 Å². The Bertz CT molecular complexity index is 621. The molecule has 0 saturated carbocycles. The summed E-state index contributed by atoms with van der Waals surface area (Å²) in [6, 6.07) is 17.8. The van der Waals surface area contributed by atoms with Crippen molar-refractivity contribution in [3.8, 4) is 0 Å². The minimum absolute atomic E-state index is 0.628. The summed E-state index contributed by atoms with van der Waals surface area (Å²) in [6.45, 7) is 1.15. The lowest BCUT2D eigenvalue weighted by molar-refractivity contribution is 0.448. The molecular formula is C22H30N2. The Hall–Kier alpha value is -1.80. The maximum atomic E-state index is 6.08. The predicted molar refractivity (Wildman–Crippen MR) is 103 cm³/mol. The number of aryl methyl sites for hydroxylation is 1. The molecule has 0 saturated heterocycles. The molecule has 0 heterocycles. The highest BCUT2D eigenvalue weighted by molar-refractivity contribution is 5.52. The predicted octanol–water partition coefficient (Wildman–Crippen LogP) is 4.52. The lowest BCUT2D eigenvalue weighted by Crippen LogP contribution is -2.35. The quantitative estimate of drug-likeness (QED) is 0.554. The van der Waals surface area contributed by atoms with Crippen LogP contribution >= 0.6 is 0 Å². The molecule has 1 aliphatic carbocycles. The van der Waals surface area contributed by atoms with Gasteiger partial charge in [0.2, 0.25) is 0 Å². The van der Waals surface area contributed by atoms with Gasteiger partial charge in [0.25, 0.3) is 0 Å². The maximum absolute atomic E-state index is 6.08. The first-order chi connectivity index (χ1) is 11.8. The number of anilines is 1. The Morgan fingerprint density at radius 3 is 2.62 bits per heavy atom. The number of unbranched alkanes of at least 4 members (excludes halogenated alkanes) is 3. The van der Waals surface area contributed by atoms with Crippen LogP contribution in [0.3, 0.4) is 0 Å². The van der Waals surface area contributed by atoms with E-state index < -0.39 is 0 Å². The minimum Gasteiger partial charge on any atom is -0.398 e. The molecule has 2 aromatic carbocycles. The van der Waals surface area contributed by atoms with Crippen LogP contribution in [-0.2, 0) is 19.3 Å². The summed E-state index contributed by atoms with van der Waals surface area (Å²) in [5.74, 6) is 0. The number of hydrogen-bond acceptors (Lipinski definition) is 2. The maximum Gasteiger partial charge on any atom is 0.0349 e. The largest absolute Gasteiger partial charge is 0.398 e. The molecule has 1 aliphatic rings. The van der Waals surface area contributed by atoms with Gasteiger partial charge in [-0.05, 0) is 67.8 Å². The monoisotopic (exact) mass is 322 g/mol. The van der Waals surface area contributed by atoms with Crippen molar-refractivity contribution >= 4 is 5.69 Å². The van der Waals surface area contributed by atoms with E-state index in [2.05, 4.69) is 47.8 Å². The molecule has 0 bridgehead atoms. The first-order valence-corrected chi connectivity index (χ1v) is 9.46. The highest BCUT2D eigenvalue weighted by atomic mass is 14.9. The van der Waals surface area contributed by atoms with Crippen LogP contribution in [0.15, 0.2) is 48.5 Å². The van der Waals surface area contributed by atoms with Gasteiger partial charge in [-0.15, -0.1) is 0 Å². The molecule has 128 valence electrons. The number of hydrogen-bond donors (Lipinski definition) is 2. The van der Waals surface area contributed by atoms with E-state index in [0.717, 1.165) is 25.1 Å². The number of nitrogens with two attached hydrogens (primary N) is 1. The average Bonchev–Trinajstić information content (AvgIpc) is 2.62. The SMILES string of the molecule is Nc1cccc2c1CCC(NCCCCCCc1ccccc1)C2. The highest BCUT2D eigenvalue weighted by Crippen LogP contribution is 2.26. The third-order valence-electron chi connectivity index (χ3n) is 5.19. The fraction of sp³-hybridized carbons (Fsp3) is 0.455. The molecule has 2 nitrogen and oxygen atoms in total. The summed E-state index contributed by atoms with van der Waals surface area (Å²) >= 11 is 0. The van der Waals surface area contributed by atoms with Crippen LogP contribution < -0.4 is 11.1 Å². The second-order valence-electron chi connectivity index (χ2n) is 7.03. The van der Waals surface area contributed by atoms with E-state index in [1.807, 2.05) is 6.07 Å². The number of nitrogen functional groups attached to an aromatic ring is 1. The van der Waals surface area contributed by atoms with E-state index in [4.69, 9.17) is 5.73 Å². The van der Waals surface area contributed by atoms with Gasteiger partial charge in [0.15, 0.2) is 0 Å². The molecular weight excluding hydrogens is 292 g/mol. The van der Waals surface area contributed by atoms with Crippen LogP contribution in [-0.4, -0.2) is 12.6 Å². The third-order valence-corrected chi connectivity index (χ3v) is 5.19. The zero-order valence-electron chi connectivity index (χ0n) is 14.6. The number of benzene rings is 2. The Morgan fingerprint density at radius 2 is 1.75 bits per heavy atom. The fourth-order valence-electron chi connectivity index (χ4n) is 3.77. The van der Waals surface area contributed by atoms with E-state index in [1.54, 1.807) is 0 Å². The van der Waals surface area contributed by atoms with Crippen LogP contribution in [0.2, 0.25) is 0 Å². The molecule has 2 aromatic rings. The van der Waals surface area contributed by atoms with Crippen molar-refractivity contribution in [3.63, 3.8) is 0 Å². The second kappa shape index (κ2) is 8.89. The fourth-order valence-corrected chi connectivity index (χ4v) is 3.77. The van der Waals surface area contributed by atoms with E-state index in [-0.39, 0.29) is 0 Å². The molecule has 0 amide bonds. The lowest BCUT2D eigenvalue weighted by atomic mass is 9.87. The molecule has 0 radical (unpaired) electrons. The molecule has 2 heteroatoms. The van der Waals surface area contributed by atoms with Crippen molar-refractivity contribution in [2.75, 3.05) is 12.3 Å². The third kappa shape index (κ3) is 4.85. The van der Waals surface area contributed by atoms with E-state index >= 15 is 0 Å². The summed E-state index contributed by atoms with van der Waals surface area (Å²) in [7, 11) is 0. The van der Waals surface area contributed by atoms with Crippen molar-refractivity contribution in [2.24, 2.45) is 0 Å². The Labute approximate surface area is 146 Å². The van der Waals surface area contributed by atoms with Gasteiger partial charge >= 0.3 is 0 Å². The van der Waals surface area contributed by atoms with Gasteiger partial charge in [0, 0.05) is 11.7 Å². The molecule has 0 aliphatic heterocycles. The zero-order chi connectivity index (χ0) is 16.6. The molecule has 0 aromatic heterocycles. The van der Waals surface area contributed by atoms with Crippen molar-refractivity contribution in [1.29, 1.82) is 0 Å². The van der Waals surface area contributed by atoms with Crippen LogP contribution in [0.4, 0.5) is 5.69 Å². The van der Waals surface area contributed by atoms with Gasteiger partial charge in [0.05, 0.1) is 0 Å². The first-order valence-electron chi connectivity index (χ1n) is 9.46. The first kappa shape index (κ1) is 17.0. The van der Waals surface area contributed by atoms with Gasteiger partial charge < -0.3 is 11.1 Å². The van der Waals surface area contributed by atoms with Crippen molar-refractivity contribution in [3.05, 3.63) is 65.2 Å². The normalized spacial score (nSPS) is 16.8. The molecule has 3 rings (SSSR count). The molecule has 3 N–H and O–H groups in total. The Kier molecular flexibility index (Phi) is 6.31. The van der Waals surface area contributed by atoms with Crippen LogP contribution in [0.25, 0.3) is 0 Å². The number of fused-ring (bicyclic) bond motifs is 1. The van der Waals surface area contributed by atoms with Gasteiger partial charge in [-0.2, -0.15) is 0 Å². The Balaban J connectivity index is 1.28. The van der Waals surface area contributed by atoms with E-state index in [1.165, 1.54) is 55.2 Å². The lowest BCUT2D eigenvalue weighted by Gasteiger charge is -2.26. The molecule has 1 atom stereocenters. The minimum atomic E-state index is 0.628. The number of nitrogens with one attached hydrogen (secondary N) is 1. The van der Waals surface area contributed by atoms with E-state index in [0.29, 0.717) is 6.04 Å². The number of rotatable bonds is 8. The topological polar surface area (TPSA) is 38.0 Å². The van der Waals surface area contributed by atoms with Crippen LogP contribution in [0.5, 0.6) is 0 Å². The molecule has 0 spiro atoms.